The van der Waals surface area contributed by atoms with Crippen molar-refractivity contribution < 1.29 is 14.3 Å². The average molecular weight is 353 g/mol. The van der Waals surface area contributed by atoms with Gasteiger partial charge in [0.25, 0.3) is 0 Å². The van der Waals surface area contributed by atoms with Gasteiger partial charge in [0, 0.05) is 11.3 Å². The van der Waals surface area contributed by atoms with E-state index in [0.717, 1.165) is 5.69 Å². The minimum Gasteiger partial charge on any atom is -0.486 e. The number of nitrogens with zero attached hydrogens (tertiary/aromatic N) is 3. The molecule has 0 amide bonds. The summed E-state index contributed by atoms with van der Waals surface area (Å²) in [4.78, 5) is 12.5. The van der Waals surface area contributed by atoms with Gasteiger partial charge in [0.05, 0.1) is 5.75 Å². The molecule has 2 heterocycles. The average Bonchev–Trinajstić information content (AvgIpc) is 3.15. The molecule has 6 nitrogen and oxygen atoms in total. The molecule has 0 spiro atoms. The van der Waals surface area contributed by atoms with Crippen LogP contribution in [0.15, 0.2) is 60.0 Å². The van der Waals surface area contributed by atoms with E-state index in [0.29, 0.717) is 35.4 Å². The van der Waals surface area contributed by atoms with Gasteiger partial charge in [0.15, 0.2) is 22.4 Å². The first kappa shape index (κ1) is 15.7. The van der Waals surface area contributed by atoms with Gasteiger partial charge in [-0.1, -0.05) is 30.0 Å². The molecule has 0 atom stereocenters. The summed E-state index contributed by atoms with van der Waals surface area (Å²) in [6.07, 6.45) is 1.65. The third-order valence-corrected chi connectivity index (χ3v) is 4.69. The van der Waals surface area contributed by atoms with E-state index in [-0.39, 0.29) is 11.5 Å². The van der Waals surface area contributed by atoms with Gasteiger partial charge in [-0.25, -0.2) is 0 Å². The van der Waals surface area contributed by atoms with Gasteiger partial charge in [-0.2, -0.15) is 0 Å². The molecule has 7 heteroatoms. The minimum atomic E-state index is 0.00425. The molecule has 0 saturated heterocycles. The van der Waals surface area contributed by atoms with E-state index in [1.165, 1.54) is 11.8 Å². The molecule has 25 heavy (non-hydrogen) atoms. The maximum Gasteiger partial charge on any atom is 0.196 e. The standard InChI is InChI=1S/C18H15N3O3S/c22-15(13-6-7-16-17(10-13)24-9-8-23-16)11-25-18-20-19-12-21(18)14-4-2-1-3-5-14/h1-7,10,12H,8-9,11H2. The number of rotatable bonds is 5. The zero-order valence-corrected chi connectivity index (χ0v) is 14.1. The fourth-order valence-corrected chi connectivity index (χ4v) is 3.34. The Hall–Kier alpha value is -2.80. The van der Waals surface area contributed by atoms with Crippen molar-refractivity contribution in [2.45, 2.75) is 5.16 Å². The molecule has 0 N–H and O–H groups in total. The van der Waals surface area contributed by atoms with Crippen molar-refractivity contribution in [1.29, 1.82) is 0 Å². The van der Waals surface area contributed by atoms with E-state index < -0.39 is 0 Å². The SMILES string of the molecule is O=C(CSc1nncn1-c1ccccc1)c1ccc2c(c1)OCCO2. The maximum atomic E-state index is 12.5. The first-order valence-corrected chi connectivity index (χ1v) is 8.81. The first-order valence-electron chi connectivity index (χ1n) is 7.82. The molecule has 0 bridgehead atoms. The van der Waals surface area contributed by atoms with Crippen LogP contribution in [-0.2, 0) is 0 Å². The topological polar surface area (TPSA) is 66.2 Å². The number of fused-ring (bicyclic) bond motifs is 1. The van der Waals surface area contributed by atoms with Crippen molar-refractivity contribution in [3.63, 3.8) is 0 Å². The number of thioether (sulfide) groups is 1. The number of ketones is 1. The molecule has 3 aromatic rings. The minimum absolute atomic E-state index is 0.00425. The number of aromatic nitrogens is 3. The molecule has 0 aliphatic carbocycles. The number of para-hydroxylation sites is 1. The lowest BCUT2D eigenvalue weighted by Crippen LogP contribution is -2.16. The smallest absolute Gasteiger partial charge is 0.196 e. The van der Waals surface area contributed by atoms with Crippen molar-refractivity contribution in [3.8, 4) is 17.2 Å². The fourth-order valence-electron chi connectivity index (χ4n) is 2.52. The van der Waals surface area contributed by atoms with Crippen molar-refractivity contribution in [2.24, 2.45) is 0 Å². The second-order valence-corrected chi connectivity index (χ2v) is 6.33. The van der Waals surface area contributed by atoms with Crippen molar-refractivity contribution in [2.75, 3.05) is 19.0 Å². The molecule has 0 saturated carbocycles. The van der Waals surface area contributed by atoms with E-state index in [1.54, 1.807) is 24.5 Å². The van der Waals surface area contributed by atoms with Gasteiger partial charge in [-0.3, -0.25) is 9.36 Å². The highest BCUT2D eigenvalue weighted by Gasteiger charge is 2.16. The Morgan fingerprint density at radius 3 is 2.72 bits per heavy atom. The first-order chi connectivity index (χ1) is 12.3. The van der Waals surface area contributed by atoms with Crippen molar-refractivity contribution in [3.05, 3.63) is 60.4 Å². The van der Waals surface area contributed by atoms with E-state index in [1.807, 2.05) is 34.9 Å². The normalized spacial score (nSPS) is 12.8. The predicted molar refractivity (Wildman–Crippen MR) is 93.8 cm³/mol. The monoisotopic (exact) mass is 353 g/mol. The van der Waals surface area contributed by atoms with E-state index in [2.05, 4.69) is 10.2 Å². The van der Waals surface area contributed by atoms with Crippen LogP contribution in [0.5, 0.6) is 11.5 Å². The lowest BCUT2D eigenvalue weighted by Gasteiger charge is -2.18. The van der Waals surface area contributed by atoms with Crippen LogP contribution in [0.2, 0.25) is 0 Å². The van der Waals surface area contributed by atoms with Crippen LogP contribution in [0.25, 0.3) is 5.69 Å². The quantitative estimate of drug-likeness (QED) is 0.519. The second-order valence-electron chi connectivity index (χ2n) is 5.39. The molecular formula is C18H15N3O3S. The van der Waals surface area contributed by atoms with Gasteiger partial charge < -0.3 is 9.47 Å². The number of carbonyl (C=O) groups is 1. The highest BCUT2D eigenvalue weighted by atomic mass is 32.2. The van der Waals surface area contributed by atoms with Gasteiger partial charge >= 0.3 is 0 Å². The molecule has 1 aliphatic heterocycles. The number of hydrogen-bond donors (Lipinski definition) is 0. The number of Topliss-reactive ketones (excluding diaryl/α,β-unsaturated/α-hetero) is 1. The Morgan fingerprint density at radius 2 is 1.88 bits per heavy atom. The van der Waals surface area contributed by atoms with Crippen LogP contribution < -0.4 is 9.47 Å². The maximum absolute atomic E-state index is 12.5. The highest BCUT2D eigenvalue weighted by Crippen LogP contribution is 2.31. The lowest BCUT2D eigenvalue weighted by molar-refractivity contribution is 0.102. The Morgan fingerprint density at radius 1 is 1.08 bits per heavy atom. The summed E-state index contributed by atoms with van der Waals surface area (Å²) in [7, 11) is 0. The van der Waals surface area contributed by atoms with Gasteiger partial charge in [0.1, 0.15) is 19.5 Å². The largest absolute Gasteiger partial charge is 0.486 e. The van der Waals surface area contributed by atoms with Crippen molar-refractivity contribution in [1.82, 2.24) is 14.8 Å². The van der Waals surface area contributed by atoms with Crippen LogP contribution >= 0.6 is 11.8 Å². The van der Waals surface area contributed by atoms with Crippen LogP contribution in [0.4, 0.5) is 0 Å². The van der Waals surface area contributed by atoms with Gasteiger partial charge in [0.2, 0.25) is 0 Å². The summed E-state index contributed by atoms with van der Waals surface area (Å²) < 4.78 is 12.9. The fraction of sp³-hybridized carbons (Fsp3) is 0.167. The lowest BCUT2D eigenvalue weighted by atomic mass is 10.1. The van der Waals surface area contributed by atoms with E-state index in [9.17, 15) is 4.79 Å². The molecule has 4 rings (SSSR count). The summed E-state index contributed by atoms with van der Waals surface area (Å²) in [5.74, 6) is 1.57. The predicted octanol–water partition coefficient (Wildman–Crippen LogP) is 3.01. The van der Waals surface area contributed by atoms with Crippen LogP contribution in [-0.4, -0.2) is 39.5 Å². The van der Waals surface area contributed by atoms with Crippen LogP contribution in [0, 0.1) is 0 Å². The Kier molecular flexibility index (Phi) is 4.39. The van der Waals surface area contributed by atoms with E-state index >= 15 is 0 Å². The zero-order chi connectivity index (χ0) is 17.1. The third kappa shape index (κ3) is 3.36. The zero-order valence-electron chi connectivity index (χ0n) is 13.3. The third-order valence-electron chi connectivity index (χ3n) is 3.75. The number of hydrogen-bond acceptors (Lipinski definition) is 6. The molecule has 2 aromatic carbocycles. The Bertz CT molecular complexity index is 896. The van der Waals surface area contributed by atoms with Crippen LogP contribution in [0.3, 0.4) is 0 Å². The van der Waals surface area contributed by atoms with Gasteiger partial charge in [-0.15, -0.1) is 10.2 Å². The summed E-state index contributed by atoms with van der Waals surface area (Å²) >= 11 is 1.36. The van der Waals surface area contributed by atoms with E-state index in [4.69, 9.17) is 9.47 Å². The molecule has 0 unspecified atom stereocenters. The summed E-state index contributed by atoms with van der Waals surface area (Å²) in [6.45, 7) is 1.03. The molecular weight excluding hydrogens is 338 g/mol. The Balaban J connectivity index is 1.47. The second kappa shape index (κ2) is 6.98. The molecule has 0 fully saturated rings. The summed E-state index contributed by atoms with van der Waals surface area (Å²) in [5.41, 5.74) is 1.56. The molecule has 126 valence electrons. The van der Waals surface area contributed by atoms with Crippen molar-refractivity contribution >= 4 is 17.5 Å². The number of carbonyl (C=O) groups excluding carboxylic acids is 1. The molecule has 1 aliphatic rings. The summed E-state index contributed by atoms with van der Waals surface area (Å²) in [5, 5.41) is 8.74. The van der Waals surface area contributed by atoms with Gasteiger partial charge in [-0.05, 0) is 30.3 Å². The highest BCUT2D eigenvalue weighted by molar-refractivity contribution is 7.99. The number of ether oxygens (including phenoxy) is 2. The molecule has 1 aromatic heterocycles. The Labute approximate surface area is 148 Å². The number of benzene rings is 2. The summed E-state index contributed by atoms with van der Waals surface area (Å²) in [6, 6.07) is 15.1. The molecule has 0 radical (unpaired) electrons. The van der Waals surface area contributed by atoms with Crippen LogP contribution in [0.1, 0.15) is 10.4 Å².